The number of carboxylic acid groups (broad SMARTS) is 1. The number of carboxylic acids is 1. The van der Waals surface area contributed by atoms with E-state index in [1.165, 1.54) is 48.9 Å². The average Bonchev–Trinajstić information content (AvgIpc) is 3.21. The Morgan fingerprint density at radius 2 is 2.04 bits per heavy atom. The Kier molecular flexibility index (Phi) is 4.81. The lowest BCUT2D eigenvalue weighted by molar-refractivity contribution is -0.114. The third-order valence-corrected chi connectivity index (χ3v) is 6.19. The molecular formula is C16H14N4O5S2. The molecule has 3 aromatic rings. The summed E-state index contributed by atoms with van der Waals surface area (Å²) in [5.74, 6) is -1.48. The van der Waals surface area contributed by atoms with Gasteiger partial charge in [-0.3, -0.25) is 4.79 Å². The van der Waals surface area contributed by atoms with Gasteiger partial charge in [-0.25, -0.2) is 9.78 Å². The largest absolute Gasteiger partial charge is 0.478 e. The summed E-state index contributed by atoms with van der Waals surface area (Å²) >= 11 is 1.20. The molecule has 0 unspecified atom stereocenters. The first kappa shape index (κ1) is 18.7. The summed E-state index contributed by atoms with van der Waals surface area (Å²) in [6.45, 7) is 3.10. The average molecular weight is 406 g/mol. The number of carbonyl (C=O) groups excluding carboxylic acids is 1. The highest BCUT2D eigenvalue weighted by molar-refractivity contribution is 7.89. The SMILES string of the molecule is CC(=O)Nc1nc(C)c(-c2cnn(S(=O)(=O)c3cccc(C(=O)O)c3)c2)s1. The topological polar surface area (TPSA) is 131 Å². The Balaban J connectivity index is 1.98. The number of aryl methyl sites for hydroxylation is 1. The van der Waals surface area contributed by atoms with Crippen LogP contribution >= 0.6 is 11.3 Å². The van der Waals surface area contributed by atoms with Crippen LogP contribution in [0.25, 0.3) is 10.4 Å². The minimum Gasteiger partial charge on any atom is -0.478 e. The summed E-state index contributed by atoms with van der Waals surface area (Å²) < 4.78 is 26.2. The van der Waals surface area contributed by atoms with Crippen LogP contribution in [0.2, 0.25) is 0 Å². The molecule has 0 saturated heterocycles. The number of nitrogens with zero attached hydrogens (tertiary/aromatic N) is 3. The fourth-order valence-electron chi connectivity index (χ4n) is 2.32. The number of thiazole rings is 1. The van der Waals surface area contributed by atoms with Crippen LogP contribution < -0.4 is 5.32 Å². The van der Waals surface area contributed by atoms with Crippen LogP contribution in [0.1, 0.15) is 23.0 Å². The molecule has 0 saturated carbocycles. The van der Waals surface area contributed by atoms with Gasteiger partial charge in [0.15, 0.2) is 5.13 Å². The van der Waals surface area contributed by atoms with Crippen molar-refractivity contribution in [1.82, 2.24) is 14.2 Å². The lowest BCUT2D eigenvalue weighted by atomic mass is 10.2. The maximum atomic E-state index is 12.7. The third-order valence-electron chi connectivity index (χ3n) is 3.53. The van der Waals surface area contributed by atoms with Gasteiger partial charge in [-0.1, -0.05) is 17.4 Å². The predicted molar refractivity (Wildman–Crippen MR) is 98.4 cm³/mol. The minimum atomic E-state index is -4.05. The molecule has 1 aromatic carbocycles. The molecule has 0 fully saturated rings. The van der Waals surface area contributed by atoms with E-state index in [0.717, 1.165) is 10.2 Å². The van der Waals surface area contributed by atoms with Gasteiger partial charge in [0.2, 0.25) is 5.91 Å². The molecule has 140 valence electrons. The van der Waals surface area contributed by atoms with E-state index in [2.05, 4.69) is 15.4 Å². The summed E-state index contributed by atoms with van der Waals surface area (Å²) in [5, 5.41) is 15.9. The Morgan fingerprint density at radius 3 is 2.70 bits per heavy atom. The first-order valence-electron chi connectivity index (χ1n) is 7.57. The van der Waals surface area contributed by atoms with Crippen molar-refractivity contribution in [2.24, 2.45) is 0 Å². The monoisotopic (exact) mass is 406 g/mol. The molecule has 2 aromatic heterocycles. The van der Waals surface area contributed by atoms with E-state index in [1.54, 1.807) is 6.92 Å². The number of anilines is 1. The molecule has 11 heteroatoms. The molecule has 2 N–H and O–H groups in total. The molecule has 0 atom stereocenters. The fraction of sp³-hybridized carbons (Fsp3) is 0.125. The molecule has 0 aliphatic rings. The first-order chi connectivity index (χ1) is 12.7. The second-order valence-electron chi connectivity index (χ2n) is 5.55. The number of hydrogen-bond donors (Lipinski definition) is 2. The zero-order chi connectivity index (χ0) is 19.8. The molecule has 0 bridgehead atoms. The van der Waals surface area contributed by atoms with Gasteiger partial charge >= 0.3 is 5.97 Å². The molecule has 0 aliphatic carbocycles. The highest BCUT2D eigenvalue weighted by Gasteiger charge is 2.21. The molecule has 0 spiro atoms. The smallest absolute Gasteiger partial charge is 0.335 e. The molecule has 27 heavy (non-hydrogen) atoms. The van der Waals surface area contributed by atoms with Crippen LogP contribution in [-0.4, -0.2) is 39.6 Å². The van der Waals surface area contributed by atoms with E-state index in [-0.39, 0.29) is 16.4 Å². The zero-order valence-corrected chi connectivity index (χ0v) is 15.8. The predicted octanol–water partition coefficient (Wildman–Crippen LogP) is 2.21. The van der Waals surface area contributed by atoms with Crippen LogP contribution in [-0.2, 0) is 14.8 Å². The first-order valence-corrected chi connectivity index (χ1v) is 9.83. The second kappa shape index (κ2) is 6.93. The number of carbonyl (C=O) groups is 2. The maximum absolute atomic E-state index is 12.7. The van der Waals surface area contributed by atoms with E-state index in [0.29, 0.717) is 21.3 Å². The number of aromatic nitrogens is 3. The van der Waals surface area contributed by atoms with Gasteiger partial charge in [0.05, 0.1) is 33.4 Å². The van der Waals surface area contributed by atoms with E-state index < -0.39 is 16.0 Å². The summed E-state index contributed by atoms with van der Waals surface area (Å²) in [6.07, 6.45) is 2.69. The van der Waals surface area contributed by atoms with Crippen molar-refractivity contribution < 1.29 is 23.1 Å². The molecular weight excluding hydrogens is 392 g/mol. The Bertz CT molecular complexity index is 1150. The maximum Gasteiger partial charge on any atom is 0.335 e. The highest BCUT2D eigenvalue weighted by atomic mass is 32.2. The number of aromatic carboxylic acids is 1. The number of nitrogens with one attached hydrogen (secondary N) is 1. The summed E-state index contributed by atoms with van der Waals surface area (Å²) in [7, 11) is -4.05. The van der Waals surface area contributed by atoms with E-state index in [9.17, 15) is 18.0 Å². The molecule has 0 aliphatic heterocycles. The van der Waals surface area contributed by atoms with Crippen molar-refractivity contribution in [1.29, 1.82) is 0 Å². The number of hydrogen-bond acceptors (Lipinski definition) is 7. The summed E-state index contributed by atoms with van der Waals surface area (Å²) in [5.41, 5.74) is 0.995. The standard InChI is InChI=1S/C16H14N4O5S2/c1-9-14(26-16(18-9)19-10(2)21)12-7-17-20(8-12)27(24,25)13-5-3-4-11(6-13)15(22)23/h3-8H,1-2H3,(H,22,23)(H,18,19,21). The minimum absolute atomic E-state index is 0.137. The van der Waals surface area contributed by atoms with E-state index >= 15 is 0 Å². The van der Waals surface area contributed by atoms with Crippen molar-refractivity contribution in [3.8, 4) is 10.4 Å². The number of amides is 1. The number of rotatable bonds is 5. The van der Waals surface area contributed by atoms with Crippen LogP contribution in [0.5, 0.6) is 0 Å². The van der Waals surface area contributed by atoms with Crippen molar-refractivity contribution in [2.45, 2.75) is 18.7 Å². The Morgan fingerprint density at radius 1 is 1.30 bits per heavy atom. The van der Waals surface area contributed by atoms with Crippen LogP contribution in [0.4, 0.5) is 5.13 Å². The summed E-state index contributed by atoms with van der Waals surface area (Å²) in [4.78, 5) is 26.9. The van der Waals surface area contributed by atoms with Gasteiger partial charge < -0.3 is 10.4 Å². The zero-order valence-electron chi connectivity index (χ0n) is 14.2. The van der Waals surface area contributed by atoms with E-state index in [4.69, 9.17) is 5.11 Å². The van der Waals surface area contributed by atoms with Crippen LogP contribution in [0.3, 0.4) is 0 Å². The van der Waals surface area contributed by atoms with Gasteiger partial charge in [0.25, 0.3) is 10.0 Å². The van der Waals surface area contributed by atoms with Gasteiger partial charge in [-0.05, 0) is 25.1 Å². The van der Waals surface area contributed by atoms with Crippen molar-refractivity contribution in [3.05, 3.63) is 47.9 Å². The number of benzene rings is 1. The summed E-state index contributed by atoms with van der Waals surface area (Å²) in [6, 6.07) is 5.04. The van der Waals surface area contributed by atoms with Crippen LogP contribution in [0, 0.1) is 6.92 Å². The van der Waals surface area contributed by atoms with Gasteiger partial charge in [0.1, 0.15) is 0 Å². The van der Waals surface area contributed by atoms with E-state index in [1.807, 2.05) is 0 Å². The quantitative estimate of drug-likeness (QED) is 0.664. The van der Waals surface area contributed by atoms with Gasteiger partial charge in [-0.15, -0.1) is 0 Å². The van der Waals surface area contributed by atoms with Crippen molar-refractivity contribution in [2.75, 3.05) is 5.32 Å². The second-order valence-corrected chi connectivity index (χ2v) is 8.35. The lowest BCUT2D eigenvalue weighted by Gasteiger charge is -2.05. The molecule has 1 amide bonds. The molecule has 3 rings (SSSR count). The van der Waals surface area contributed by atoms with Gasteiger partial charge in [-0.2, -0.15) is 17.6 Å². The highest BCUT2D eigenvalue weighted by Crippen LogP contribution is 2.33. The lowest BCUT2D eigenvalue weighted by Crippen LogP contribution is -2.14. The van der Waals surface area contributed by atoms with Crippen LogP contribution in [0.15, 0.2) is 41.6 Å². The third kappa shape index (κ3) is 3.73. The van der Waals surface area contributed by atoms with Crippen molar-refractivity contribution >= 4 is 38.4 Å². The normalized spacial score (nSPS) is 11.3. The Labute approximate surface area is 158 Å². The fourth-order valence-corrected chi connectivity index (χ4v) is 4.47. The Hall–Kier alpha value is -3.05. The van der Waals surface area contributed by atoms with Crippen molar-refractivity contribution in [3.63, 3.8) is 0 Å². The van der Waals surface area contributed by atoms with Gasteiger partial charge in [0, 0.05) is 12.5 Å². The molecule has 9 nitrogen and oxygen atoms in total. The molecule has 2 heterocycles. The molecule has 0 radical (unpaired) electrons.